The Morgan fingerprint density at radius 1 is 0.943 bits per heavy atom. The predicted octanol–water partition coefficient (Wildman–Crippen LogP) is 7.71. The van der Waals surface area contributed by atoms with Crippen molar-refractivity contribution in [2.75, 3.05) is 13.2 Å². The number of benzene rings is 3. The van der Waals surface area contributed by atoms with Crippen LogP contribution in [0.5, 0.6) is 5.75 Å². The summed E-state index contributed by atoms with van der Waals surface area (Å²) >= 11 is 0. The van der Waals surface area contributed by atoms with Crippen molar-refractivity contribution >= 4 is 18.3 Å². The Morgan fingerprint density at radius 3 is 2.43 bits per heavy atom. The average Bonchev–Trinajstić information content (AvgIpc) is 2.87. The molecule has 3 aromatic rings. The molecule has 3 rings (SSSR count). The molecule has 0 atom stereocenters. The Kier molecular flexibility index (Phi) is 9.42. The molecule has 0 saturated heterocycles. The van der Waals surface area contributed by atoms with Gasteiger partial charge in [-0.05, 0) is 83.0 Å². The minimum absolute atomic E-state index is 0.308. The minimum atomic E-state index is -0.387. The summed E-state index contributed by atoms with van der Waals surface area (Å²) in [5.41, 5.74) is 6.70. The molecule has 0 heterocycles. The lowest BCUT2D eigenvalue weighted by Gasteiger charge is -2.17. The van der Waals surface area contributed by atoms with Gasteiger partial charge in [-0.25, -0.2) is 4.79 Å². The van der Waals surface area contributed by atoms with E-state index in [4.69, 9.17) is 9.47 Å². The van der Waals surface area contributed by atoms with Crippen LogP contribution in [0.25, 0.3) is 28.3 Å². The van der Waals surface area contributed by atoms with E-state index in [2.05, 4.69) is 45.0 Å². The van der Waals surface area contributed by atoms with Gasteiger partial charge in [-0.1, -0.05) is 63.6 Å². The second-order valence-corrected chi connectivity index (χ2v) is 8.74. The predicted molar refractivity (Wildman–Crippen MR) is 143 cm³/mol. The van der Waals surface area contributed by atoms with Gasteiger partial charge in [0.1, 0.15) is 12.0 Å². The molecule has 4 nitrogen and oxygen atoms in total. The SMILES string of the molecule is CCCCOc1ccc(-c2ccc(-c3cccc(C=O)c3)c(/C=C/C(=O)OCC)c2)c(C(C)C)c1. The molecule has 3 aromatic carbocycles. The molecule has 4 heteroatoms. The highest BCUT2D eigenvalue weighted by molar-refractivity contribution is 5.91. The van der Waals surface area contributed by atoms with Gasteiger partial charge < -0.3 is 9.47 Å². The van der Waals surface area contributed by atoms with E-state index in [0.29, 0.717) is 24.7 Å². The van der Waals surface area contributed by atoms with Crippen LogP contribution in [0.15, 0.2) is 66.7 Å². The standard InChI is InChI=1S/C31H34O4/c1-5-7-17-35-27-13-15-29(30(20-27)22(3)4)26-11-14-28(24-10-8-9-23(18-24)21-32)25(19-26)12-16-31(33)34-6-2/h8-16,18-22H,5-7,17H2,1-4H3/b16-12+. The molecule has 0 fully saturated rings. The second kappa shape index (κ2) is 12.7. The zero-order valence-corrected chi connectivity index (χ0v) is 21.0. The number of carbonyl (C=O) groups is 2. The van der Waals surface area contributed by atoms with Crippen molar-refractivity contribution in [3.8, 4) is 28.0 Å². The maximum absolute atomic E-state index is 12.0. The molecular formula is C31H34O4. The summed E-state index contributed by atoms with van der Waals surface area (Å²) in [6.45, 7) is 9.32. The molecule has 0 aliphatic heterocycles. The van der Waals surface area contributed by atoms with Crippen molar-refractivity contribution in [3.05, 3.63) is 83.4 Å². The van der Waals surface area contributed by atoms with Crippen LogP contribution in [-0.4, -0.2) is 25.5 Å². The smallest absolute Gasteiger partial charge is 0.330 e. The Hall–Kier alpha value is -3.66. The number of aldehydes is 1. The minimum Gasteiger partial charge on any atom is -0.494 e. The summed E-state index contributed by atoms with van der Waals surface area (Å²) in [6.07, 6.45) is 6.19. The third-order valence-corrected chi connectivity index (χ3v) is 5.79. The first kappa shape index (κ1) is 26.0. The molecule has 35 heavy (non-hydrogen) atoms. The van der Waals surface area contributed by atoms with Gasteiger partial charge in [0.2, 0.25) is 0 Å². The fourth-order valence-electron chi connectivity index (χ4n) is 3.96. The number of carbonyl (C=O) groups excluding carboxylic acids is 2. The highest BCUT2D eigenvalue weighted by atomic mass is 16.5. The molecule has 0 aliphatic rings. The Bertz CT molecular complexity index is 1190. The van der Waals surface area contributed by atoms with E-state index >= 15 is 0 Å². The summed E-state index contributed by atoms with van der Waals surface area (Å²) in [7, 11) is 0. The third-order valence-electron chi connectivity index (χ3n) is 5.79. The largest absolute Gasteiger partial charge is 0.494 e. The van der Waals surface area contributed by atoms with Crippen LogP contribution >= 0.6 is 0 Å². The van der Waals surface area contributed by atoms with Crippen molar-refractivity contribution in [2.24, 2.45) is 0 Å². The van der Waals surface area contributed by atoms with Gasteiger partial charge in [0.05, 0.1) is 13.2 Å². The first-order valence-corrected chi connectivity index (χ1v) is 12.3. The third kappa shape index (κ3) is 6.92. The topological polar surface area (TPSA) is 52.6 Å². The molecule has 0 bridgehead atoms. The van der Waals surface area contributed by atoms with Crippen LogP contribution < -0.4 is 4.74 Å². The molecular weight excluding hydrogens is 436 g/mol. The van der Waals surface area contributed by atoms with E-state index in [9.17, 15) is 9.59 Å². The van der Waals surface area contributed by atoms with E-state index in [1.54, 1.807) is 19.1 Å². The first-order chi connectivity index (χ1) is 17.0. The van der Waals surface area contributed by atoms with Gasteiger partial charge in [0.25, 0.3) is 0 Å². The molecule has 0 saturated carbocycles. The number of rotatable bonds is 11. The molecule has 0 unspecified atom stereocenters. The normalized spacial score (nSPS) is 11.1. The van der Waals surface area contributed by atoms with Gasteiger partial charge in [0, 0.05) is 11.6 Å². The number of hydrogen-bond acceptors (Lipinski definition) is 4. The van der Waals surface area contributed by atoms with E-state index in [0.717, 1.165) is 52.7 Å². The molecule has 0 amide bonds. The number of hydrogen-bond donors (Lipinski definition) is 0. The van der Waals surface area contributed by atoms with Crippen molar-refractivity contribution in [1.29, 1.82) is 0 Å². The highest BCUT2D eigenvalue weighted by Gasteiger charge is 2.13. The van der Waals surface area contributed by atoms with E-state index < -0.39 is 0 Å². The van der Waals surface area contributed by atoms with Gasteiger partial charge in [-0.2, -0.15) is 0 Å². The second-order valence-electron chi connectivity index (χ2n) is 8.74. The lowest BCUT2D eigenvalue weighted by molar-refractivity contribution is -0.137. The molecule has 0 N–H and O–H groups in total. The lowest BCUT2D eigenvalue weighted by Crippen LogP contribution is -2.00. The molecule has 182 valence electrons. The molecule has 0 radical (unpaired) electrons. The number of esters is 1. The zero-order chi connectivity index (χ0) is 25.2. The van der Waals surface area contributed by atoms with Crippen LogP contribution in [0.4, 0.5) is 0 Å². The maximum atomic E-state index is 12.0. The number of ether oxygens (including phenoxy) is 2. The van der Waals surface area contributed by atoms with Crippen molar-refractivity contribution in [3.63, 3.8) is 0 Å². The Morgan fingerprint density at radius 2 is 1.71 bits per heavy atom. The summed E-state index contributed by atoms with van der Waals surface area (Å²) in [5, 5.41) is 0. The van der Waals surface area contributed by atoms with Crippen molar-refractivity contribution in [2.45, 2.75) is 46.5 Å². The van der Waals surface area contributed by atoms with E-state index in [1.807, 2.05) is 30.3 Å². The zero-order valence-electron chi connectivity index (χ0n) is 21.0. The Balaban J connectivity index is 2.08. The fraction of sp³-hybridized carbons (Fsp3) is 0.290. The first-order valence-electron chi connectivity index (χ1n) is 12.3. The summed E-state index contributed by atoms with van der Waals surface area (Å²) in [4.78, 5) is 23.4. The van der Waals surface area contributed by atoms with Gasteiger partial charge >= 0.3 is 5.97 Å². The van der Waals surface area contributed by atoms with Gasteiger partial charge in [-0.3, -0.25) is 4.79 Å². The van der Waals surface area contributed by atoms with Crippen LogP contribution in [0.2, 0.25) is 0 Å². The van der Waals surface area contributed by atoms with Crippen molar-refractivity contribution in [1.82, 2.24) is 0 Å². The number of unbranched alkanes of at least 4 members (excludes halogenated alkanes) is 1. The van der Waals surface area contributed by atoms with E-state index in [1.165, 1.54) is 11.6 Å². The summed E-state index contributed by atoms with van der Waals surface area (Å²) in [5.74, 6) is 0.805. The molecule has 0 aromatic heterocycles. The summed E-state index contributed by atoms with van der Waals surface area (Å²) in [6, 6.07) is 19.9. The molecule has 0 aliphatic carbocycles. The quantitative estimate of drug-likeness (QED) is 0.125. The molecule has 0 spiro atoms. The highest BCUT2D eigenvalue weighted by Crippen LogP contribution is 2.36. The average molecular weight is 471 g/mol. The summed E-state index contributed by atoms with van der Waals surface area (Å²) < 4.78 is 11.0. The van der Waals surface area contributed by atoms with Crippen LogP contribution in [0.3, 0.4) is 0 Å². The van der Waals surface area contributed by atoms with Crippen molar-refractivity contribution < 1.29 is 19.1 Å². The van der Waals surface area contributed by atoms with Crippen LogP contribution in [-0.2, 0) is 9.53 Å². The monoisotopic (exact) mass is 470 g/mol. The van der Waals surface area contributed by atoms with Crippen LogP contribution in [0.1, 0.15) is 67.9 Å². The van der Waals surface area contributed by atoms with E-state index in [-0.39, 0.29) is 5.97 Å². The maximum Gasteiger partial charge on any atom is 0.330 e. The lowest BCUT2D eigenvalue weighted by atomic mass is 9.89. The Labute approximate surface area is 208 Å². The van der Waals surface area contributed by atoms with Gasteiger partial charge in [0.15, 0.2) is 0 Å². The van der Waals surface area contributed by atoms with Gasteiger partial charge in [-0.15, -0.1) is 0 Å². The van der Waals surface area contributed by atoms with Crippen LogP contribution in [0, 0.1) is 0 Å². The fourth-order valence-corrected chi connectivity index (χ4v) is 3.96.